The van der Waals surface area contributed by atoms with Crippen molar-refractivity contribution in [2.75, 3.05) is 20.2 Å². The number of carbonyl (C=O) groups excluding carboxylic acids is 1. The molecule has 120 valence electrons. The molecule has 1 atom stereocenters. The molecule has 3 rings (SSSR count). The standard InChI is InChI=1S/C16H17N3O4/c1-21-14-9-17-10-15(18-14)23-13-6-7-19(11-13)16(20)5-4-12-3-2-8-22-12/h2-5,8-10,13H,6-7,11H2,1H3/b5-4+/t13-/m0/s1. The Morgan fingerprint density at radius 3 is 3.09 bits per heavy atom. The fraction of sp³-hybridized carbons (Fsp3) is 0.312. The van der Waals surface area contributed by atoms with E-state index < -0.39 is 0 Å². The van der Waals surface area contributed by atoms with Gasteiger partial charge in [-0.1, -0.05) is 0 Å². The number of furan rings is 1. The minimum atomic E-state index is -0.0997. The first-order valence-corrected chi connectivity index (χ1v) is 7.28. The SMILES string of the molecule is COc1cncc(O[C@H]2CCN(C(=O)/C=C/c3ccco3)C2)n1. The first-order chi connectivity index (χ1) is 11.2. The Morgan fingerprint density at radius 1 is 1.43 bits per heavy atom. The van der Waals surface area contributed by atoms with E-state index in [0.717, 1.165) is 6.42 Å². The first kappa shape index (κ1) is 15.1. The number of amides is 1. The molecule has 0 N–H and O–H groups in total. The second-order valence-electron chi connectivity index (χ2n) is 5.06. The van der Waals surface area contributed by atoms with Crippen LogP contribution >= 0.6 is 0 Å². The average molecular weight is 315 g/mol. The molecule has 0 unspecified atom stereocenters. The summed E-state index contributed by atoms with van der Waals surface area (Å²) in [6.45, 7) is 1.16. The van der Waals surface area contributed by atoms with E-state index in [-0.39, 0.29) is 12.0 Å². The highest BCUT2D eigenvalue weighted by Crippen LogP contribution is 2.18. The fourth-order valence-corrected chi connectivity index (χ4v) is 2.33. The summed E-state index contributed by atoms with van der Waals surface area (Å²) < 4.78 is 15.9. The molecular weight excluding hydrogens is 298 g/mol. The minimum Gasteiger partial charge on any atom is -0.480 e. The monoisotopic (exact) mass is 315 g/mol. The maximum atomic E-state index is 12.1. The number of aromatic nitrogens is 2. The molecule has 2 aromatic heterocycles. The van der Waals surface area contributed by atoms with E-state index in [1.807, 2.05) is 0 Å². The lowest BCUT2D eigenvalue weighted by Gasteiger charge is -2.15. The molecule has 1 saturated heterocycles. The van der Waals surface area contributed by atoms with Crippen molar-refractivity contribution in [1.82, 2.24) is 14.9 Å². The Bertz CT molecular complexity index is 684. The van der Waals surface area contributed by atoms with Gasteiger partial charge in [-0.2, -0.15) is 4.98 Å². The Balaban J connectivity index is 1.54. The Labute approximate surface area is 133 Å². The molecule has 1 amide bonds. The topological polar surface area (TPSA) is 77.7 Å². The van der Waals surface area contributed by atoms with Crippen molar-refractivity contribution in [2.24, 2.45) is 0 Å². The van der Waals surface area contributed by atoms with Crippen molar-refractivity contribution < 1.29 is 18.7 Å². The molecule has 0 aromatic carbocycles. The molecule has 1 fully saturated rings. The maximum absolute atomic E-state index is 12.1. The van der Waals surface area contributed by atoms with Crippen molar-refractivity contribution in [2.45, 2.75) is 12.5 Å². The highest BCUT2D eigenvalue weighted by molar-refractivity contribution is 5.91. The van der Waals surface area contributed by atoms with Crippen LogP contribution in [0.4, 0.5) is 0 Å². The van der Waals surface area contributed by atoms with Gasteiger partial charge in [0.25, 0.3) is 0 Å². The molecule has 7 nitrogen and oxygen atoms in total. The van der Waals surface area contributed by atoms with E-state index >= 15 is 0 Å². The highest BCUT2D eigenvalue weighted by atomic mass is 16.5. The fourth-order valence-electron chi connectivity index (χ4n) is 2.33. The van der Waals surface area contributed by atoms with Crippen LogP contribution in [0.5, 0.6) is 11.8 Å². The quantitative estimate of drug-likeness (QED) is 0.783. The predicted octanol–water partition coefficient (Wildman–Crippen LogP) is 1.77. The number of likely N-dealkylation sites (tertiary alicyclic amines) is 1. The molecule has 23 heavy (non-hydrogen) atoms. The van der Waals surface area contributed by atoms with E-state index in [1.54, 1.807) is 29.4 Å². The molecule has 3 heterocycles. The summed E-state index contributed by atoms with van der Waals surface area (Å²) in [6, 6.07) is 3.57. The van der Waals surface area contributed by atoms with Crippen molar-refractivity contribution in [3.63, 3.8) is 0 Å². The Kier molecular flexibility index (Phi) is 4.56. The number of carbonyl (C=O) groups is 1. The number of ether oxygens (including phenoxy) is 2. The van der Waals surface area contributed by atoms with Gasteiger partial charge in [-0.3, -0.25) is 9.78 Å². The van der Waals surface area contributed by atoms with E-state index in [0.29, 0.717) is 30.6 Å². The molecule has 0 radical (unpaired) electrons. The van der Waals surface area contributed by atoms with Crippen molar-refractivity contribution >= 4 is 12.0 Å². The van der Waals surface area contributed by atoms with Crippen LogP contribution in [0.15, 0.2) is 41.3 Å². The third-order valence-electron chi connectivity index (χ3n) is 3.48. The van der Waals surface area contributed by atoms with Gasteiger partial charge in [0.1, 0.15) is 11.9 Å². The van der Waals surface area contributed by atoms with Crippen LogP contribution in [-0.2, 0) is 4.79 Å². The molecule has 0 saturated carbocycles. The van der Waals surface area contributed by atoms with Crippen LogP contribution < -0.4 is 9.47 Å². The van der Waals surface area contributed by atoms with Gasteiger partial charge in [-0.25, -0.2) is 0 Å². The van der Waals surface area contributed by atoms with Gasteiger partial charge in [0.2, 0.25) is 17.7 Å². The molecule has 0 bridgehead atoms. The summed E-state index contributed by atoms with van der Waals surface area (Å²) in [4.78, 5) is 22.0. The van der Waals surface area contributed by atoms with Gasteiger partial charge in [-0.15, -0.1) is 0 Å². The average Bonchev–Trinajstić information content (AvgIpc) is 3.24. The second kappa shape index (κ2) is 6.95. The van der Waals surface area contributed by atoms with Gasteiger partial charge in [0.05, 0.1) is 32.3 Å². The molecule has 1 aliphatic rings. The van der Waals surface area contributed by atoms with Crippen LogP contribution in [0.1, 0.15) is 12.2 Å². The van der Waals surface area contributed by atoms with Crippen molar-refractivity contribution in [3.05, 3.63) is 42.6 Å². The van der Waals surface area contributed by atoms with Crippen LogP contribution in [-0.4, -0.2) is 47.1 Å². The van der Waals surface area contributed by atoms with E-state index in [2.05, 4.69) is 9.97 Å². The first-order valence-electron chi connectivity index (χ1n) is 7.28. The van der Waals surface area contributed by atoms with Crippen LogP contribution in [0.3, 0.4) is 0 Å². The summed E-state index contributed by atoms with van der Waals surface area (Å²) in [5.41, 5.74) is 0. The van der Waals surface area contributed by atoms with Gasteiger partial charge in [0.15, 0.2) is 0 Å². The zero-order chi connectivity index (χ0) is 16.1. The molecule has 0 aliphatic carbocycles. The van der Waals surface area contributed by atoms with Gasteiger partial charge in [0, 0.05) is 19.0 Å². The summed E-state index contributed by atoms with van der Waals surface area (Å²) in [5.74, 6) is 1.38. The van der Waals surface area contributed by atoms with Crippen LogP contribution in [0, 0.1) is 0 Å². The van der Waals surface area contributed by atoms with Crippen molar-refractivity contribution in [3.8, 4) is 11.8 Å². The maximum Gasteiger partial charge on any atom is 0.246 e. The molecule has 0 spiro atoms. The summed E-state index contributed by atoms with van der Waals surface area (Å²) >= 11 is 0. The third-order valence-corrected chi connectivity index (χ3v) is 3.48. The van der Waals surface area contributed by atoms with E-state index in [1.165, 1.54) is 25.6 Å². The Hall–Kier alpha value is -2.83. The largest absolute Gasteiger partial charge is 0.480 e. The minimum absolute atomic E-state index is 0.0655. The number of rotatable bonds is 5. The second-order valence-corrected chi connectivity index (χ2v) is 5.06. The third kappa shape index (κ3) is 3.88. The predicted molar refractivity (Wildman–Crippen MR) is 81.9 cm³/mol. The van der Waals surface area contributed by atoms with Crippen molar-refractivity contribution in [1.29, 1.82) is 0 Å². The van der Waals surface area contributed by atoms with Crippen LogP contribution in [0.2, 0.25) is 0 Å². The van der Waals surface area contributed by atoms with E-state index in [4.69, 9.17) is 13.9 Å². The smallest absolute Gasteiger partial charge is 0.246 e. The lowest BCUT2D eigenvalue weighted by molar-refractivity contribution is -0.125. The molecule has 1 aliphatic heterocycles. The lowest BCUT2D eigenvalue weighted by atomic mass is 10.3. The molecule has 7 heteroatoms. The van der Waals surface area contributed by atoms with Gasteiger partial charge < -0.3 is 18.8 Å². The number of hydrogen-bond acceptors (Lipinski definition) is 6. The number of nitrogens with zero attached hydrogens (tertiary/aromatic N) is 3. The summed E-state index contributed by atoms with van der Waals surface area (Å²) in [6.07, 6.45) is 8.42. The molecular formula is C16H17N3O4. The number of methoxy groups -OCH3 is 1. The normalized spacial score (nSPS) is 17.6. The number of hydrogen-bond donors (Lipinski definition) is 0. The summed E-state index contributed by atoms with van der Waals surface area (Å²) in [7, 11) is 1.52. The van der Waals surface area contributed by atoms with Gasteiger partial charge in [-0.05, 0) is 18.2 Å². The van der Waals surface area contributed by atoms with Crippen LogP contribution in [0.25, 0.3) is 6.08 Å². The van der Waals surface area contributed by atoms with E-state index in [9.17, 15) is 4.79 Å². The zero-order valence-corrected chi connectivity index (χ0v) is 12.7. The summed E-state index contributed by atoms with van der Waals surface area (Å²) in [5, 5.41) is 0. The lowest BCUT2D eigenvalue weighted by Crippen LogP contribution is -2.29. The molecule has 2 aromatic rings. The Morgan fingerprint density at radius 2 is 2.30 bits per heavy atom. The highest BCUT2D eigenvalue weighted by Gasteiger charge is 2.27. The zero-order valence-electron chi connectivity index (χ0n) is 12.7. The van der Waals surface area contributed by atoms with Gasteiger partial charge >= 0.3 is 0 Å².